The van der Waals surface area contributed by atoms with Gasteiger partial charge in [0.1, 0.15) is 5.75 Å². The third kappa shape index (κ3) is 3.29. The minimum atomic E-state index is -0.0360. The van der Waals surface area contributed by atoms with Crippen molar-refractivity contribution in [3.63, 3.8) is 0 Å². The van der Waals surface area contributed by atoms with E-state index < -0.39 is 0 Å². The van der Waals surface area contributed by atoms with Gasteiger partial charge in [-0.1, -0.05) is 36.4 Å². The Hall–Kier alpha value is -2.49. The summed E-state index contributed by atoms with van der Waals surface area (Å²) in [7, 11) is 1.72. The Balaban J connectivity index is 2.03. The number of nitrogens with two attached hydrogens (primary N) is 1. The zero-order chi connectivity index (χ0) is 14.5. The first-order valence-corrected chi connectivity index (χ1v) is 6.42. The van der Waals surface area contributed by atoms with E-state index in [1.54, 1.807) is 36.2 Å². The standard InChI is InChI=1S/C16H18N2O2/c1-18(11-13-7-3-5-9-15(13)19)16(20)10-12-6-2-4-8-14(12)17/h2-9,19H,10-11,17H2,1H3. The van der Waals surface area contributed by atoms with Crippen molar-refractivity contribution in [1.82, 2.24) is 4.90 Å². The third-order valence-electron chi connectivity index (χ3n) is 3.22. The lowest BCUT2D eigenvalue weighted by molar-refractivity contribution is -0.129. The number of rotatable bonds is 4. The number of nitrogen functional groups attached to an aromatic ring is 1. The summed E-state index contributed by atoms with van der Waals surface area (Å²) >= 11 is 0. The number of carbonyl (C=O) groups is 1. The van der Waals surface area contributed by atoms with E-state index in [-0.39, 0.29) is 18.1 Å². The smallest absolute Gasteiger partial charge is 0.227 e. The largest absolute Gasteiger partial charge is 0.508 e. The molecule has 104 valence electrons. The maximum absolute atomic E-state index is 12.2. The van der Waals surface area contributed by atoms with Crippen molar-refractivity contribution in [2.45, 2.75) is 13.0 Å². The molecule has 2 aromatic carbocycles. The second kappa shape index (κ2) is 6.10. The molecule has 0 unspecified atom stereocenters. The lowest BCUT2D eigenvalue weighted by Gasteiger charge is -2.18. The van der Waals surface area contributed by atoms with Crippen LogP contribution in [0, 0.1) is 0 Å². The maximum Gasteiger partial charge on any atom is 0.227 e. The van der Waals surface area contributed by atoms with Crippen LogP contribution in [-0.4, -0.2) is 23.0 Å². The number of aromatic hydroxyl groups is 1. The Labute approximate surface area is 118 Å². The predicted molar refractivity (Wildman–Crippen MR) is 79.1 cm³/mol. The van der Waals surface area contributed by atoms with Crippen LogP contribution in [0.5, 0.6) is 5.75 Å². The number of likely N-dealkylation sites (N-methyl/N-ethyl adjacent to an activating group) is 1. The van der Waals surface area contributed by atoms with Gasteiger partial charge in [-0.2, -0.15) is 0 Å². The molecule has 4 heteroatoms. The van der Waals surface area contributed by atoms with E-state index >= 15 is 0 Å². The third-order valence-corrected chi connectivity index (χ3v) is 3.22. The summed E-state index contributed by atoms with van der Waals surface area (Å²) < 4.78 is 0. The summed E-state index contributed by atoms with van der Waals surface area (Å²) in [4.78, 5) is 13.8. The summed E-state index contributed by atoms with van der Waals surface area (Å²) in [6.07, 6.45) is 0.261. The average molecular weight is 270 g/mol. The van der Waals surface area contributed by atoms with Crippen molar-refractivity contribution >= 4 is 11.6 Å². The second-order valence-electron chi connectivity index (χ2n) is 4.75. The van der Waals surface area contributed by atoms with Gasteiger partial charge in [-0.25, -0.2) is 0 Å². The molecule has 0 bridgehead atoms. The molecular formula is C16H18N2O2. The quantitative estimate of drug-likeness (QED) is 0.837. The number of phenolic OH excluding ortho intramolecular Hbond substituents is 1. The van der Waals surface area contributed by atoms with Crippen LogP contribution in [0.2, 0.25) is 0 Å². The van der Waals surface area contributed by atoms with E-state index in [1.165, 1.54) is 0 Å². The van der Waals surface area contributed by atoms with Crippen LogP contribution in [0.4, 0.5) is 5.69 Å². The summed E-state index contributed by atoms with van der Waals surface area (Å²) in [5.41, 5.74) is 8.00. The molecule has 2 rings (SSSR count). The van der Waals surface area contributed by atoms with E-state index in [1.807, 2.05) is 24.3 Å². The van der Waals surface area contributed by atoms with Crippen LogP contribution >= 0.6 is 0 Å². The molecule has 4 nitrogen and oxygen atoms in total. The van der Waals surface area contributed by atoms with Crippen LogP contribution in [0.1, 0.15) is 11.1 Å². The molecule has 0 saturated heterocycles. The van der Waals surface area contributed by atoms with Crippen molar-refractivity contribution in [1.29, 1.82) is 0 Å². The molecule has 0 fully saturated rings. The van der Waals surface area contributed by atoms with Gasteiger partial charge in [0.15, 0.2) is 0 Å². The monoisotopic (exact) mass is 270 g/mol. The van der Waals surface area contributed by atoms with E-state index in [0.717, 1.165) is 11.1 Å². The van der Waals surface area contributed by atoms with E-state index in [4.69, 9.17) is 5.73 Å². The van der Waals surface area contributed by atoms with Gasteiger partial charge >= 0.3 is 0 Å². The number of carbonyl (C=O) groups excluding carboxylic acids is 1. The van der Waals surface area contributed by atoms with Gasteiger partial charge in [0, 0.05) is 24.8 Å². The number of para-hydroxylation sites is 2. The molecule has 0 aliphatic rings. The molecule has 0 saturated carbocycles. The topological polar surface area (TPSA) is 66.6 Å². The zero-order valence-electron chi connectivity index (χ0n) is 11.4. The Morgan fingerprint density at radius 1 is 1.10 bits per heavy atom. The van der Waals surface area contributed by atoms with Crippen molar-refractivity contribution in [2.75, 3.05) is 12.8 Å². The van der Waals surface area contributed by atoms with E-state index in [9.17, 15) is 9.90 Å². The van der Waals surface area contributed by atoms with Gasteiger partial charge in [0.25, 0.3) is 0 Å². The van der Waals surface area contributed by atoms with Crippen LogP contribution in [0.15, 0.2) is 48.5 Å². The average Bonchev–Trinajstić information content (AvgIpc) is 2.43. The van der Waals surface area contributed by atoms with Crippen LogP contribution < -0.4 is 5.73 Å². The fraction of sp³-hybridized carbons (Fsp3) is 0.188. The fourth-order valence-electron chi connectivity index (χ4n) is 1.98. The molecular weight excluding hydrogens is 252 g/mol. The van der Waals surface area contributed by atoms with Crippen molar-refractivity contribution in [2.24, 2.45) is 0 Å². The Kier molecular flexibility index (Phi) is 4.25. The normalized spacial score (nSPS) is 10.2. The first-order valence-electron chi connectivity index (χ1n) is 6.42. The van der Waals surface area contributed by atoms with Crippen molar-refractivity contribution in [3.05, 3.63) is 59.7 Å². The molecule has 2 aromatic rings. The number of hydrogen-bond donors (Lipinski definition) is 2. The van der Waals surface area contributed by atoms with Gasteiger partial charge < -0.3 is 15.7 Å². The first kappa shape index (κ1) is 13.9. The first-order chi connectivity index (χ1) is 9.58. The number of phenols is 1. The molecule has 0 spiro atoms. The minimum absolute atomic E-state index is 0.0360. The summed E-state index contributed by atoms with van der Waals surface area (Å²) in [5.74, 6) is 0.164. The highest BCUT2D eigenvalue weighted by Gasteiger charge is 2.13. The van der Waals surface area contributed by atoms with Crippen LogP contribution in [0.3, 0.4) is 0 Å². The number of benzene rings is 2. The molecule has 1 amide bonds. The van der Waals surface area contributed by atoms with Gasteiger partial charge in [-0.3, -0.25) is 4.79 Å². The molecule has 0 radical (unpaired) electrons. The van der Waals surface area contributed by atoms with Gasteiger partial charge in [0.05, 0.1) is 6.42 Å². The highest BCUT2D eigenvalue weighted by molar-refractivity contribution is 5.80. The Bertz CT molecular complexity index is 611. The highest BCUT2D eigenvalue weighted by atomic mass is 16.3. The Morgan fingerprint density at radius 3 is 2.35 bits per heavy atom. The Morgan fingerprint density at radius 2 is 1.70 bits per heavy atom. The van der Waals surface area contributed by atoms with Crippen LogP contribution in [0.25, 0.3) is 0 Å². The minimum Gasteiger partial charge on any atom is -0.508 e. The number of nitrogens with zero attached hydrogens (tertiary/aromatic N) is 1. The molecule has 0 heterocycles. The van der Waals surface area contributed by atoms with Gasteiger partial charge in [-0.15, -0.1) is 0 Å². The summed E-state index contributed by atoms with van der Waals surface area (Å²) in [5, 5.41) is 9.72. The molecule has 0 aliphatic heterocycles. The van der Waals surface area contributed by atoms with Crippen molar-refractivity contribution in [3.8, 4) is 5.75 Å². The molecule has 0 aromatic heterocycles. The molecule has 0 atom stereocenters. The zero-order valence-corrected chi connectivity index (χ0v) is 11.4. The van der Waals surface area contributed by atoms with Gasteiger partial charge in [0.2, 0.25) is 5.91 Å². The lowest BCUT2D eigenvalue weighted by atomic mass is 10.1. The molecule has 20 heavy (non-hydrogen) atoms. The molecule has 3 N–H and O–H groups in total. The predicted octanol–water partition coefficient (Wildman–Crippen LogP) is 2.18. The highest BCUT2D eigenvalue weighted by Crippen LogP contribution is 2.18. The SMILES string of the molecule is CN(Cc1ccccc1O)C(=O)Cc1ccccc1N. The maximum atomic E-state index is 12.2. The van der Waals surface area contributed by atoms with E-state index in [2.05, 4.69) is 0 Å². The second-order valence-corrected chi connectivity index (χ2v) is 4.75. The molecule has 0 aliphatic carbocycles. The summed E-state index contributed by atoms with van der Waals surface area (Å²) in [6, 6.07) is 14.3. The van der Waals surface area contributed by atoms with Gasteiger partial charge in [-0.05, 0) is 17.7 Å². The summed E-state index contributed by atoms with van der Waals surface area (Å²) in [6.45, 7) is 0.373. The van der Waals surface area contributed by atoms with Crippen molar-refractivity contribution < 1.29 is 9.90 Å². The lowest BCUT2D eigenvalue weighted by Crippen LogP contribution is -2.28. The fourth-order valence-corrected chi connectivity index (χ4v) is 1.98. The number of anilines is 1. The number of amides is 1. The van der Waals surface area contributed by atoms with Crippen LogP contribution in [-0.2, 0) is 17.8 Å². The number of hydrogen-bond acceptors (Lipinski definition) is 3. The van der Waals surface area contributed by atoms with E-state index in [0.29, 0.717) is 12.2 Å².